The zero-order chi connectivity index (χ0) is 28.9. The third-order valence-electron chi connectivity index (χ3n) is 10.8. The zero-order valence-electron chi connectivity index (χ0n) is 24.0. The molecule has 8 heteroatoms. The number of allylic oxidation sites excluding steroid dienone is 2. The number of carbonyl (C=O) groups is 2. The Labute approximate surface area is 234 Å². The number of rotatable bonds is 4. The number of carbonyl (C=O) groups excluding carboxylic acids is 2. The molecule has 212 valence electrons. The smallest absolute Gasteiger partial charge is 0.343 e. The molecule has 2 fully saturated rings. The Morgan fingerprint density at radius 1 is 1.18 bits per heavy atom. The van der Waals surface area contributed by atoms with Crippen LogP contribution in [-0.4, -0.2) is 62.2 Å². The fraction of sp³-hybridized carbons (Fsp3) is 0.562. The number of esters is 1. The molecule has 2 bridgehead atoms. The van der Waals surface area contributed by atoms with Crippen LogP contribution in [0.25, 0.3) is 0 Å². The lowest BCUT2D eigenvalue weighted by atomic mass is 9.59. The van der Waals surface area contributed by atoms with Crippen molar-refractivity contribution < 1.29 is 34.3 Å². The van der Waals surface area contributed by atoms with E-state index in [1.54, 1.807) is 37.6 Å². The van der Waals surface area contributed by atoms with Gasteiger partial charge in [-0.3, -0.25) is 4.79 Å². The molecule has 6 rings (SSSR count). The van der Waals surface area contributed by atoms with E-state index < -0.39 is 47.8 Å². The molecule has 0 aromatic heterocycles. The Bertz CT molecular complexity index is 1420. The summed E-state index contributed by atoms with van der Waals surface area (Å²) in [5.41, 5.74) is -1.20. The molecule has 40 heavy (non-hydrogen) atoms. The van der Waals surface area contributed by atoms with Gasteiger partial charge in [-0.25, -0.2) is 4.79 Å². The molecular formula is C32H39N2O6+. The van der Waals surface area contributed by atoms with Gasteiger partial charge in [-0.2, -0.15) is 0 Å². The van der Waals surface area contributed by atoms with Gasteiger partial charge in [-0.05, 0) is 59.7 Å². The van der Waals surface area contributed by atoms with Crippen LogP contribution >= 0.6 is 0 Å². The third-order valence-corrected chi connectivity index (χ3v) is 10.8. The van der Waals surface area contributed by atoms with Crippen LogP contribution in [0.1, 0.15) is 48.0 Å². The molecule has 1 spiro atoms. The van der Waals surface area contributed by atoms with Gasteiger partial charge >= 0.3 is 5.97 Å². The summed E-state index contributed by atoms with van der Waals surface area (Å²) < 4.78 is 7.81. The Hall–Kier alpha value is -2.94. The number of Topliss-reactive ketones (excluding diaryl/α,β-unsaturated/α-hetero) is 1. The SMILES string of the molecule is CC1=C[C@]23C(=O)[C@@H](C=C(CO)[C@@H](O)[C@]2(O)[C@H]1OC(=O)C1=C(C)[N+](c2ccccc2)=NC1C)[C@H]1[C@@H](C[C@H]3C)C1(C)C. The van der Waals surface area contributed by atoms with E-state index in [1.807, 2.05) is 37.3 Å². The van der Waals surface area contributed by atoms with Gasteiger partial charge in [0.05, 0.1) is 12.0 Å². The molecule has 8 nitrogen and oxygen atoms in total. The lowest BCUT2D eigenvalue weighted by Gasteiger charge is -2.48. The lowest BCUT2D eigenvalue weighted by molar-refractivity contribution is -0.455. The lowest BCUT2D eigenvalue weighted by Crippen LogP contribution is -2.65. The summed E-state index contributed by atoms with van der Waals surface area (Å²) in [4.78, 5) is 28.3. The summed E-state index contributed by atoms with van der Waals surface area (Å²) in [6.45, 7) is 11.1. The Balaban J connectivity index is 1.41. The number of aliphatic hydroxyl groups excluding tert-OH is 2. The van der Waals surface area contributed by atoms with Gasteiger partial charge < -0.3 is 20.1 Å². The first kappa shape index (κ1) is 27.2. The number of ketones is 1. The van der Waals surface area contributed by atoms with Crippen molar-refractivity contribution in [2.75, 3.05) is 6.61 Å². The van der Waals surface area contributed by atoms with Crippen LogP contribution in [0, 0.1) is 34.5 Å². The highest BCUT2D eigenvalue weighted by Gasteiger charge is 2.76. The molecule has 1 unspecified atom stereocenters. The maximum absolute atomic E-state index is 14.5. The van der Waals surface area contributed by atoms with Crippen molar-refractivity contribution in [1.29, 1.82) is 0 Å². The van der Waals surface area contributed by atoms with Gasteiger partial charge in [0.1, 0.15) is 17.7 Å². The van der Waals surface area contributed by atoms with Gasteiger partial charge in [-0.15, -0.1) is 0 Å². The second-order valence-electron chi connectivity index (χ2n) is 13.1. The van der Waals surface area contributed by atoms with E-state index in [1.165, 1.54) is 0 Å². The van der Waals surface area contributed by atoms with Gasteiger partial charge in [0.15, 0.2) is 17.5 Å². The van der Waals surface area contributed by atoms with Crippen molar-refractivity contribution in [1.82, 2.24) is 0 Å². The van der Waals surface area contributed by atoms with Crippen molar-refractivity contribution in [2.45, 2.75) is 71.8 Å². The van der Waals surface area contributed by atoms with Crippen molar-refractivity contribution in [3.8, 4) is 0 Å². The fourth-order valence-corrected chi connectivity index (χ4v) is 8.65. The van der Waals surface area contributed by atoms with Crippen molar-refractivity contribution >= 4 is 17.4 Å². The summed E-state index contributed by atoms with van der Waals surface area (Å²) in [5, 5.41) is 39.3. The topological polar surface area (TPSA) is 119 Å². The number of aliphatic hydroxyl groups is 3. The van der Waals surface area contributed by atoms with E-state index in [9.17, 15) is 24.9 Å². The summed E-state index contributed by atoms with van der Waals surface area (Å²) >= 11 is 0. The highest BCUT2D eigenvalue weighted by molar-refractivity contribution is 5.96. The van der Waals surface area contributed by atoms with Crippen LogP contribution < -0.4 is 0 Å². The van der Waals surface area contributed by atoms with E-state index in [4.69, 9.17) is 4.74 Å². The van der Waals surface area contributed by atoms with Gasteiger partial charge in [0.2, 0.25) is 11.4 Å². The van der Waals surface area contributed by atoms with Crippen molar-refractivity contribution in [3.05, 3.63) is 64.9 Å². The number of nitrogens with zero attached hydrogens (tertiary/aromatic N) is 2. The summed E-state index contributed by atoms with van der Waals surface area (Å²) in [6.07, 6.45) is 1.25. The van der Waals surface area contributed by atoms with Gasteiger partial charge in [0, 0.05) is 25.0 Å². The number of fused-ring (bicyclic) bond motifs is 3. The molecule has 9 atom stereocenters. The van der Waals surface area contributed by atoms with Gasteiger partial charge in [-0.1, -0.05) is 55.8 Å². The number of ether oxygens (including phenoxy) is 1. The average Bonchev–Trinajstić information content (AvgIpc) is 3.23. The van der Waals surface area contributed by atoms with Crippen LogP contribution in [0.4, 0.5) is 5.69 Å². The summed E-state index contributed by atoms with van der Waals surface area (Å²) in [5.74, 6) is -1.36. The minimum Gasteiger partial charge on any atom is -0.451 e. The maximum atomic E-state index is 14.5. The first-order valence-electron chi connectivity index (χ1n) is 14.3. The van der Waals surface area contributed by atoms with E-state index in [0.717, 1.165) is 5.69 Å². The quantitative estimate of drug-likeness (QED) is 0.299. The fourth-order valence-electron chi connectivity index (χ4n) is 8.65. The minimum atomic E-state index is -2.17. The molecule has 1 aromatic rings. The van der Waals surface area contributed by atoms with E-state index in [-0.39, 0.29) is 34.5 Å². The normalized spacial score (nSPS) is 41.3. The van der Waals surface area contributed by atoms with Crippen LogP contribution in [0.15, 0.2) is 70.0 Å². The number of hydrogen-bond acceptors (Lipinski definition) is 7. The average molecular weight is 548 g/mol. The molecular weight excluding hydrogens is 508 g/mol. The molecule has 0 saturated heterocycles. The molecule has 3 N–H and O–H groups in total. The van der Waals surface area contributed by atoms with Crippen molar-refractivity contribution in [3.63, 3.8) is 0 Å². The van der Waals surface area contributed by atoms with Crippen LogP contribution in [-0.2, 0) is 14.3 Å². The maximum Gasteiger partial charge on any atom is 0.343 e. The molecule has 1 heterocycles. The van der Waals surface area contributed by atoms with Gasteiger partial charge in [0.25, 0.3) is 0 Å². The standard InChI is InChI=1S/C32H39N2O6/c1-16-14-31-17(2)12-23-25(30(23,5)6)22(27(31)37)13-20(15-35)26(36)32(31,39)28(16)40-29(38)24-18(3)33-34(19(24)4)21-10-8-7-9-11-21/h7-11,13-14,17-18,22-23,25-26,28,35-36,39H,12,15H2,1-6H3/q+1/t17-,18?,22+,23-,25+,26-,28+,31+,32+/m1/s1. The number of para-hydroxylation sites is 1. The number of hydrogen-bond donors (Lipinski definition) is 3. The molecule has 4 aliphatic carbocycles. The first-order valence-corrected chi connectivity index (χ1v) is 14.3. The van der Waals surface area contributed by atoms with E-state index >= 15 is 0 Å². The zero-order valence-corrected chi connectivity index (χ0v) is 24.0. The highest BCUT2D eigenvalue weighted by atomic mass is 16.6. The number of azo groups is 2. The van der Waals surface area contributed by atoms with E-state index in [0.29, 0.717) is 23.3 Å². The van der Waals surface area contributed by atoms with Crippen molar-refractivity contribution in [2.24, 2.45) is 39.6 Å². The second-order valence-corrected chi connectivity index (χ2v) is 13.1. The summed E-state index contributed by atoms with van der Waals surface area (Å²) in [7, 11) is 0. The predicted octanol–water partition coefficient (Wildman–Crippen LogP) is 3.84. The molecule has 1 aliphatic heterocycles. The second kappa shape index (κ2) is 8.78. The summed E-state index contributed by atoms with van der Waals surface area (Å²) in [6, 6.07) is 8.99. The third kappa shape index (κ3) is 3.30. The number of benzene rings is 1. The highest BCUT2D eigenvalue weighted by Crippen LogP contribution is 2.71. The molecule has 5 aliphatic rings. The van der Waals surface area contributed by atoms with Crippen LogP contribution in [0.3, 0.4) is 0 Å². The largest absolute Gasteiger partial charge is 0.451 e. The predicted molar refractivity (Wildman–Crippen MR) is 146 cm³/mol. The molecule has 0 amide bonds. The Morgan fingerprint density at radius 3 is 2.50 bits per heavy atom. The first-order chi connectivity index (χ1) is 18.8. The molecule has 1 aromatic carbocycles. The monoisotopic (exact) mass is 547 g/mol. The Kier molecular flexibility index (Phi) is 5.98. The molecule has 2 saturated carbocycles. The molecule has 0 radical (unpaired) electrons. The minimum absolute atomic E-state index is 0.0549. The van der Waals surface area contributed by atoms with Crippen LogP contribution in [0.5, 0.6) is 0 Å². The Morgan fingerprint density at radius 2 is 1.85 bits per heavy atom. The van der Waals surface area contributed by atoms with E-state index in [2.05, 4.69) is 19.0 Å². The van der Waals surface area contributed by atoms with Crippen LogP contribution in [0.2, 0.25) is 0 Å².